The van der Waals surface area contributed by atoms with Crippen LogP contribution >= 0.6 is 22.9 Å². The van der Waals surface area contributed by atoms with Gasteiger partial charge in [0, 0.05) is 9.90 Å². The quantitative estimate of drug-likeness (QED) is 0.772. The van der Waals surface area contributed by atoms with Crippen LogP contribution in [0.25, 0.3) is 0 Å². The Hall–Kier alpha value is -1.85. The molecule has 0 spiro atoms. The number of nitrogens with zero attached hydrogens (tertiary/aromatic N) is 3. The molecule has 2 atom stereocenters. The van der Waals surface area contributed by atoms with Crippen molar-refractivity contribution in [1.29, 1.82) is 0 Å². The number of thiophene rings is 1. The summed E-state index contributed by atoms with van der Waals surface area (Å²) in [4.78, 5) is 5.62. The normalized spacial score (nSPS) is 20.8. The maximum absolute atomic E-state index is 6.35. The molecule has 0 saturated carbocycles. The predicted octanol–water partition coefficient (Wildman–Crippen LogP) is 4.14. The first kappa shape index (κ1) is 12.9. The van der Waals surface area contributed by atoms with E-state index in [2.05, 4.69) is 39.0 Å². The van der Waals surface area contributed by atoms with Crippen molar-refractivity contribution >= 4 is 28.9 Å². The largest absolute Gasteiger partial charge is 0.347 e. The molecule has 1 N–H and O–H groups in total. The summed E-state index contributed by atoms with van der Waals surface area (Å²) in [7, 11) is 0. The van der Waals surface area contributed by atoms with Crippen LogP contribution in [0.3, 0.4) is 0 Å². The lowest BCUT2D eigenvalue weighted by Crippen LogP contribution is -2.27. The van der Waals surface area contributed by atoms with Crippen molar-refractivity contribution in [1.82, 2.24) is 14.8 Å². The number of rotatable bonds is 2. The van der Waals surface area contributed by atoms with Gasteiger partial charge in [-0.1, -0.05) is 35.9 Å². The summed E-state index contributed by atoms with van der Waals surface area (Å²) in [5.74, 6) is 0.796. The van der Waals surface area contributed by atoms with Gasteiger partial charge in [-0.3, -0.25) is 0 Å². The summed E-state index contributed by atoms with van der Waals surface area (Å²) < 4.78 is 1.96. The molecule has 106 valence electrons. The molecule has 0 fully saturated rings. The van der Waals surface area contributed by atoms with E-state index < -0.39 is 0 Å². The monoisotopic (exact) mass is 316 g/mol. The van der Waals surface area contributed by atoms with E-state index in [1.54, 1.807) is 17.7 Å². The maximum atomic E-state index is 6.35. The van der Waals surface area contributed by atoms with Gasteiger partial charge < -0.3 is 5.32 Å². The molecule has 4 rings (SSSR count). The summed E-state index contributed by atoms with van der Waals surface area (Å²) in [5.41, 5.74) is 1.11. The SMILES string of the molecule is Clc1ccccc1[C@@H]1C[C@H](c2cccs2)n2ncnc2N1. The van der Waals surface area contributed by atoms with E-state index in [-0.39, 0.29) is 12.1 Å². The van der Waals surface area contributed by atoms with Crippen LogP contribution in [0.5, 0.6) is 0 Å². The van der Waals surface area contributed by atoms with Crippen LogP contribution in [-0.2, 0) is 0 Å². The van der Waals surface area contributed by atoms with E-state index in [9.17, 15) is 0 Å². The van der Waals surface area contributed by atoms with Gasteiger partial charge in [-0.2, -0.15) is 10.1 Å². The van der Waals surface area contributed by atoms with E-state index in [0.717, 1.165) is 23.0 Å². The van der Waals surface area contributed by atoms with Crippen molar-refractivity contribution in [3.05, 3.63) is 63.6 Å². The average Bonchev–Trinajstić information content (AvgIpc) is 3.18. The molecule has 0 saturated heterocycles. The zero-order chi connectivity index (χ0) is 14.2. The van der Waals surface area contributed by atoms with Crippen LogP contribution in [0.15, 0.2) is 48.1 Å². The minimum Gasteiger partial charge on any atom is -0.347 e. The minimum atomic E-state index is 0.141. The summed E-state index contributed by atoms with van der Waals surface area (Å²) in [6.07, 6.45) is 2.50. The molecule has 2 aromatic heterocycles. The summed E-state index contributed by atoms with van der Waals surface area (Å²) in [5, 5.41) is 10.7. The molecule has 6 heteroatoms. The van der Waals surface area contributed by atoms with Gasteiger partial charge in [0.2, 0.25) is 5.95 Å². The molecule has 0 amide bonds. The molecule has 0 radical (unpaired) electrons. The molecular weight excluding hydrogens is 304 g/mol. The zero-order valence-electron chi connectivity index (χ0n) is 11.1. The third kappa shape index (κ3) is 2.22. The Kier molecular flexibility index (Phi) is 3.16. The first-order valence-corrected chi connectivity index (χ1v) is 8.02. The number of aromatic nitrogens is 3. The predicted molar refractivity (Wildman–Crippen MR) is 84.9 cm³/mol. The number of anilines is 1. The molecule has 0 unspecified atom stereocenters. The van der Waals surface area contributed by atoms with Gasteiger partial charge in [-0.25, -0.2) is 4.68 Å². The lowest BCUT2D eigenvalue weighted by molar-refractivity contribution is 0.436. The second kappa shape index (κ2) is 5.16. The topological polar surface area (TPSA) is 42.7 Å². The number of nitrogens with one attached hydrogen (secondary N) is 1. The number of benzene rings is 1. The van der Waals surface area contributed by atoms with Gasteiger partial charge in [-0.05, 0) is 29.5 Å². The second-order valence-corrected chi connectivity index (χ2v) is 6.40. The van der Waals surface area contributed by atoms with Crippen LogP contribution in [0.1, 0.15) is 28.9 Å². The Morgan fingerprint density at radius 2 is 2.14 bits per heavy atom. The fourth-order valence-electron chi connectivity index (χ4n) is 2.80. The molecular formula is C15H13ClN4S. The molecule has 1 aliphatic rings. The van der Waals surface area contributed by atoms with Gasteiger partial charge >= 0.3 is 0 Å². The third-order valence-electron chi connectivity index (χ3n) is 3.78. The summed E-state index contributed by atoms with van der Waals surface area (Å²) in [6.45, 7) is 0. The molecule has 3 aromatic rings. The highest BCUT2D eigenvalue weighted by atomic mass is 35.5. The number of hydrogen-bond acceptors (Lipinski definition) is 4. The van der Waals surface area contributed by atoms with Gasteiger partial charge in [0.25, 0.3) is 0 Å². The van der Waals surface area contributed by atoms with Crippen molar-refractivity contribution < 1.29 is 0 Å². The lowest BCUT2D eigenvalue weighted by Gasteiger charge is -2.31. The van der Waals surface area contributed by atoms with Crippen molar-refractivity contribution in [3.63, 3.8) is 0 Å². The molecule has 21 heavy (non-hydrogen) atoms. The first-order chi connectivity index (χ1) is 10.3. The second-order valence-electron chi connectivity index (χ2n) is 5.01. The molecule has 3 heterocycles. The molecule has 4 nitrogen and oxygen atoms in total. The van der Waals surface area contributed by atoms with Gasteiger partial charge in [0.1, 0.15) is 6.33 Å². The van der Waals surface area contributed by atoms with E-state index in [1.807, 2.05) is 22.9 Å². The van der Waals surface area contributed by atoms with Crippen LogP contribution < -0.4 is 5.32 Å². The van der Waals surface area contributed by atoms with E-state index in [0.29, 0.717) is 0 Å². The van der Waals surface area contributed by atoms with Crippen molar-refractivity contribution in [2.24, 2.45) is 0 Å². The molecule has 1 aliphatic heterocycles. The number of halogens is 1. The molecule has 1 aromatic carbocycles. The van der Waals surface area contributed by atoms with Crippen LogP contribution in [-0.4, -0.2) is 14.8 Å². The van der Waals surface area contributed by atoms with Crippen molar-refractivity contribution in [3.8, 4) is 0 Å². The Balaban J connectivity index is 1.76. The molecule has 0 bridgehead atoms. The van der Waals surface area contributed by atoms with Crippen LogP contribution in [0.2, 0.25) is 5.02 Å². The highest BCUT2D eigenvalue weighted by Crippen LogP contribution is 2.40. The smallest absolute Gasteiger partial charge is 0.222 e. The highest BCUT2D eigenvalue weighted by Gasteiger charge is 2.31. The first-order valence-electron chi connectivity index (χ1n) is 6.77. The van der Waals surface area contributed by atoms with Gasteiger partial charge in [0.15, 0.2) is 0 Å². The zero-order valence-corrected chi connectivity index (χ0v) is 12.7. The summed E-state index contributed by atoms with van der Waals surface area (Å²) >= 11 is 8.10. The Bertz CT molecular complexity index is 753. The average molecular weight is 317 g/mol. The highest BCUT2D eigenvalue weighted by molar-refractivity contribution is 7.10. The van der Waals surface area contributed by atoms with E-state index in [4.69, 9.17) is 11.6 Å². The van der Waals surface area contributed by atoms with Gasteiger partial charge in [0.05, 0.1) is 12.1 Å². The molecule has 0 aliphatic carbocycles. The number of fused-ring (bicyclic) bond motifs is 1. The maximum Gasteiger partial charge on any atom is 0.222 e. The standard InChI is InChI=1S/C15H13ClN4S/c16-11-5-2-1-4-10(11)12-8-13(14-6-3-7-21-14)20-15(19-12)17-9-18-20/h1-7,9,12-13H,8H2,(H,17,18,19)/t12-,13+/m0/s1. The Morgan fingerprint density at radius 1 is 1.24 bits per heavy atom. The number of hydrogen-bond donors (Lipinski definition) is 1. The Morgan fingerprint density at radius 3 is 2.95 bits per heavy atom. The fraction of sp³-hybridized carbons (Fsp3) is 0.200. The summed E-state index contributed by atoms with van der Waals surface area (Å²) in [6, 6.07) is 12.5. The fourth-order valence-corrected chi connectivity index (χ4v) is 3.89. The minimum absolute atomic E-state index is 0.141. The van der Waals surface area contributed by atoms with Crippen molar-refractivity contribution in [2.45, 2.75) is 18.5 Å². The van der Waals surface area contributed by atoms with Crippen molar-refractivity contribution in [2.75, 3.05) is 5.32 Å². The Labute approximate surface area is 131 Å². The van der Waals surface area contributed by atoms with Crippen LogP contribution in [0.4, 0.5) is 5.95 Å². The lowest BCUT2D eigenvalue weighted by atomic mass is 9.97. The van der Waals surface area contributed by atoms with E-state index >= 15 is 0 Å². The third-order valence-corrected chi connectivity index (χ3v) is 5.10. The van der Waals surface area contributed by atoms with Gasteiger partial charge in [-0.15, -0.1) is 11.3 Å². The van der Waals surface area contributed by atoms with Crippen LogP contribution in [0, 0.1) is 0 Å². The van der Waals surface area contributed by atoms with E-state index in [1.165, 1.54) is 4.88 Å².